The number of hydrogen-bond acceptors (Lipinski definition) is 4. The highest BCUT2D eigenvalue weighted by atomic mass is 32.1. The molecule has 2 N–H and O–H groups in total. The minimum Gasteiger partial charge on any atom is -0.361 e. The molecule has 1 unspecified atom stereocenters. The topological polar surface area (TPSA) is 61.4 Å². The molecular formula is C24H25N3O2S. The van der Waals surface area contributed by atoms with Crippen molar-refractivity contribution in [1.29, 1.82) is 0 Å². The lowest BCUT2D eigenvalue weighted by Crippen LogP contribution is -2.41. The monoisotopic (exact) mass is 419 g/mol. The van der Waals surface area contributed by atoms with Crippen LogP contribution in [0.1, 0.15) is 27.6 Å². The smallest absolute Gasteiger partial charge is 0.313 e. The van der Waals surface area contributed by atoms with Gasteiger partial charge in [-0.1, -0.05) is 30.3 Å². The van der Waals surface area contributed by atoms with E-state index in [1.807, 2.05) is 49.6 Å². The summed E-state index contributed by atoms with van der Waals surface area (Å²) in [5.41, 5.74) is 5.35. The number of hydrogen-bond donors (Lipinski definition) is 2. The lowest BCUT2D eigenvalue weighted by atomic mass is 10.1. The van der Waals surface area contributed by atoms with Gasteiger partial charge in [0.25, 0.3) is 0 Å². The Balaban J connectivity index is 1.44. The van der Waals surface area contributed by atoms with Crippen LogP contribution in [0.15, 0.2) is 60.0 Å². The summed E-state index contributed by atoms with van der Waals surface area (Å²) in [7, 11) is 0. The Hall–Kier alpha value is -3.12. The van der Waals surface area contributed by atoms with Crippen LogP contribution in [0.3, 0.4) is 0 Å². The summed E-state index contributed by atoms with van der Waals surface area (Å²) in [4.78, 5) is 28.4. The van der Waals surface area contributed by atoms with Crippen molar-refractivity contribution in [3.8, 4) is 0 Å². The van der Waals surface area contributed by atoms with Gasteiger partial charge < -0.3 is 15.5 Å². The fourth-order valence-corrected chi connectivity index (χ4v) is 4.65. The summed E-state index contributed by atoms with van der Waals surface area (Å²) in [5.74, 6) is -1.27. The number of carbonyl (C=O) groups excluding carboxylic acids is 2. The summed E-state index contributed by atoms with van der Waals surface area (Å²) in [5, 5.41) is 7.57. The van der Waals surface area contributed by atoms with E-state index in [-0.39, 0.29) is 6.04 Å². The Labute approximate surface area is 180 Å². The third kappa shape index (κ3) is 4.24. The average Bonchev–Trinajstić information content (AvgIpc) is 3.42. The minimum absolute atomic E-state index is 0.00739. The number of aryl methyl sites for hydroxylation is 2. The molecule has 1 aromatic heterocycles. The molecule has 0 aliphatic carbocycles. The number of amides is 2. The average molecular weight is 420 g/mol. The second-order valence-corrected chi connectivity index (χ2v) is 8.55. The Morgan fingerprint density at radius 2 is 1.87 bits per heavy atom. The fourth-order valence-electron chi connectivity index (χ4n) is 3.81. The van der Waals surface area contributed by atoms with Crippen LogP contribution < -0.4 is 15.5 Å². The highest BCUT2D eigenvalue weighted by Crippen LogP contribution is 2.36. The summed E-state index contributed by atoms with van der Waals surface area (Å²) in [6.45, 7) is 5.25. The van der Waals surface area contributed by atoms with Crippen LogP contribution in [-0.2, 0) is 16.0 Å². The van der Waals surface area contributed by atoms with E-state index in [1.165, 1.54) is 16.1 Å². The molecule has 0 saturated carbocycles. The highest BCUT2D eigenvalue weighted by Gasteiger charge is 2.28. The number of anilines is 2. The van der Waals surface area contributed by atoms with Crippen LogP contribution in [0, 0.1) is 13.8 Å². The number of thiophene rings is 1. The van der Waals surface area contributed by atoms with Crippen LogP contribution in [0.2, 0.25) is 0 Å². The Morgan fingerprint density at radius 3 is 2.63 bits per heavy atom. The molecule has 1 aliphatic rings. The minimum atomic E-state index is -0.648. The summed E-state index contributed by atoms with van der Waals surface area (Å²) >= 11 is 1.66. The maximum Gasteiger partial charge on any atom is 0.313 e. The van der Waals surface area contributed by atoms with Gasteiger partial charge in [-0.3, -0.25) is 9.59 Å². The Kier molecular flexibility index (Phi) is 5.86. The van der Waals surface area contributed by atoms with Crippen molar-refractivity contribution in [3.63, 3.8) is 0 Å². The third-order valence-electron chi connectivity index (χ3n) is 5.60. The highest BCUT2D eigenvalue weighted by molar-refractivity contribution is 7.10. The first-order chi connectivity index (χ1) is 14.5. The lowest BCUT2D eigenvalue weighted by Gasteiger charge is -2.30. The first-order valence-corrected chi connectivity index (χ1v) is 11.0. The number of para-hydroxylation sites is 1. The maximum atomic E-state index is 12.5. The summed E-state index contributed by atoms with van der Waals surface area (Å²) < 4.78 is 0. The van der Waals surface area contributed by atoms with Gasteiger partial charge in [-0.25, -0.2) is 0 Å². The molecule has 6 heteroatoms. The van der Waals surface area contributed by atoms with E-state index in [2.05, 4.69) is 39.8 Å². The van der Waals surface area contributed by atoms with Gasteiger partial charge in [0, 0.05) is 29.3 Å². The van der Waals surface area contributed by atoms with E-state index in [9.17, 15) is 9.59 Å². The molecule has 3 aromatic rings. The van der Waals surface area contributed by atoms with Crippen molar-refractivity contribution < 1.29 is 9.59 Å². The van der Waals surface area contributed by atoms with Gasteiger partial charge in [0.05, 0.1) is 6.04 Å². The molecule has 5 nitrogen and oxygen atoms in total. The van der Waals surface area contributed by atoms with Crippen molar-refractivity contribution in [2.45, 2.75) is 26.3 Å². The zero-order chi connectivity index (χ0) is 21.1. The molecule has 1 atom stereocenters. The van der Waals surface area contributed by atoms with Crippen molar-refractivity contribution in [3.05, 3.63) is 81.5 Å². The molecule has 0 saturated heterocycles. The van der Waals surface area contributed by atoms with Crippen LogP contribution >= 0.6 is 11.3 Å². The molecule has 4 rings (SSSR count). The van der Waals surface area contributed by atoms with Crippen LogP contribution in [0.25, 0.3) is 0 Å². The van der Waals surface area contributed by atoms with Gasteiger partial charge in [0.1, 0.15) is 0 Å². The van der Waals surface area contributed by atoms with Crippen LogP contribution in [0.4, 0.5) is 11.4 Å². The van der Waals surface area contributed by atoms with Crippen molar-refractivity contribution in [1.82, 2.24) is 5.32 Å². The van der Waals surface area contributed by atoms with E-state index in [1.54, 1.807) is 11.3 Å². The third-order valence-corrected chi connectivity index (χ3v) is 6.57. The predicted octanol–water partition coefficient (Wildman–Crippen LogP) is 4.22. The molecule has 0 spiro atoms. The number of carbonyl (C=O) groups is 2. The van der Waals surface area contributed by atoms with Crippen molar-refractivity contribution >= 4 is 34.5 Å². The summed E-state index contributed by atoms with van der Waals surface area (Å²) in [6, 6.07) is 18.1. The quantitative estimate of drug-likeness (QED) is 0.609. The van der Waals surface area contributed by atoms with Crippen LogP contribution in [0.5, 0.6) is 0 Å². The SMILES string of the molecule is Cc1ccc(NC(=O)C(=O)NCC(c2cccs2)N2CCc3ccccc32)cc1C. The predicted molar refractivity (Wildman–Crippen MR) is 122 cm³/mol. The lowest BCUT2D eigenvalue weighted by molar-refractivity contribution is -0.136. The Bertz CT molecular complexity index is 1060. The van der Waals surface area contributed by atoms with Gasteiger partial charge in [-0.2, -0.15) is 0 Å². The van der Waals surface area contributed by atoms with Gasteiger partial charge in [-0.15, -0.1) is 11.3 Å². The van der Waals surface area contributed by atoms with Crippen molar-refractivity contribution in [2.75, 3.05) is 23.3 Å². The van der Waals surface area contributed by atoms with Gasteiger partial charge in [0.2, 0.25) is 0 Å². The van der Waals surface area contributed by atoms with E-state index in [4.69, 9.17) is 0 Å². The molecule has 0 radical (unpaired) electrons. The first-order valence-electron chi connectivity index (χ1n) is 10.1. The van der Waals surface area contributed by atoms with Gasteiger partial charge in [0.15, 0.2) is 0 Å². The summed E-state index contributed by atoms with van der Waals surface area (Å²) in [6.07, 6.45) is 0.985. The molecule has 0 fully saturated rings. The zero-order valence-corrected chi connectivity index (χ0v) is 18.0. The van der Waals surface area contributed by atoms with Gasteiger partial charge >= 0.3 is 11.8 Å². The zero-order valence-electron chi connectivity index (χ0n) is 17.1. The largest absolute Gasteiger partial charge is 0.361 e. The number of nitrogens with zero attached hydrogens (tertiary/aromatic N) is 1. The first kappa shape index (κ1) is 20.2. The van der Waals surface area contributed by atoms with E-state index >= 15 is 0 Å². The van der Waals surface area contributed by atoms with E-state index < -0.39 is 11.8 Å². The standard InChI is InChI=1S/C24H25N3O2S/c1-16-9-10-19(14-17(16)2)26-24(29)23(28)25-15-21(22-8-5-13-30-22)27-12-11-18-6-3-4-7-20(18)27/h3-10,13-14,21H,11-12,15H2,1-2H3,(H,25,28)(H,26,29). The fraction of sp³-hybridized carbons (Fsp3) is 0.250. The van der Waals surface area contributed by atoms with E-state index in [0.717, 1.165) is 24.1 Å². The second kappa shape index (κ2) is 8.71. The molecule has 2 aromatic carbocycles. The maximum absolute atomic E-state index is 12.5. The molecule has 1 aliphatic heterocycles. The molecule has 2 amide bonds. The molecule has 0 bridgehead atoms. The molecule has 30 heavy (non-hydrogen) atoms. The number of benzene rings is 2. The Morgan fingerprint density at radius 1 is 1.03 bits per heavy atom. The van der Waals surface area contributed by atoms with Gasteiger partial charge in [-0.05, 0) is 66.6 Å². The number of rotatable bonds is 5. The number of fused-ring (bicyclic) bond motifs is 1. The normalized spacial score (nSPS) is 13.6. The van der Waals surface area contributed by atoms with E-state index in [0.29, 0.717) is 12.2 Å². The number of nitrogens with one attached hydrogen (secondary N) is 2. The second-order valence-electron chi connectivity index (χ2n) is 7.57. The molecule has 154 valence electrons. The molecule has 2 heterocycles. The van der Waals surface area contributed by atoms with Crippen molar-refractivity contribution in [2.24, 2.45) is 0 Å². The van der Waals surface area contributed by atoms with Crippen LogP contribution in [-0.4, -0.2) is 24.9 Å². The molecular weight excluding hydrogens is 394 g/mol.